The van der Waals surface area contributed by atoms with E-state index in [4.69, 9.17) is 11.6 Å². The Morgan fingerprint density at radius 1 is 1.04 bits per heavy atom. The maximum Gasteiger partial charge on any atom is 0.332 e. The fraction of sp³-hybridized carbons (Fsp3) is 0.176. The third-order valence-corrected chi connectivity index (χ3v) is 4.66. The largest absolute Gasteiger partial charge is 0.332 e. The maximum absolute atomic E-state index is 12.9. The smallest absolute Gasteiger partial charge is 0.280 e. The molecule has 0 atom stereocenters. The second kappa shape index (κ2) is 5.29. The van der Waals surface area contributed by atoms with Crippen molar-refractivity contribution in [2.45, 2.75) is 6.92 Å². The van der Waals surface area contributed by atoms with Crippen molar-refractivity contribution in [3.8, 4) is 11.1 Å². The van der Waals surface area contributed by atoms with Gasteiger partial charge >= 0.3 is 5.69 Å². The number of hydrogen-bond acceptors (Lipinski definition) is 4. The summed E-state index contributed by atoms with van der Waals surface area (Å²) in [5.41, 5.74) is 2.23. The third kappa shape index (κ3) is 2.12. The lowest BCUT2D eigenvalue weighted by molar-refractivity contribution is 0.708. The SMILES string of the molecule is Cc1[nH]nc2nc3c(c(-c4ccc(Cl)cc4)c12)c(=O)n(C)c(=O)n3C. The number of halogens is 1. The molecule has 0 bridgehead atoms. The quantitative estimate of drug-likeness (QED) is 0.567. The molecule has 126 valence electrons. The van der Waals surface area contributed by atoms with Crippen molar-refractivity contribution in [1.29, 1.82) is 0 Å². The molecule has 4 aromatic rings. The highest BCUT2D eigenvalue weighted by molar-refractivity contribution is 6.30. The Bertz CT molecular complexity index is 1270. The average Bonchev–Trinajstić information content (AvgIpc) is 2.98. The molecule has 0 amide bonds. The molecule has 0 saturated heterocycles. The lowest BCUT2D eigenvalue weighted by Gasteiger charge is -2.12. The average molecular weight is 356 g/mol. The third-order valence-electron chi connectivity index (χ3n) is 4.41. The molecule has 0 fully saturated rings. The maximum atomic E-state index is 12.9. The van der Waals surface area contributed by atoms with Crippen LogP contribution in [-0.2, 0) is 14.1 Å². The summed E-state index contributed by atoms with van der Waals surface area (Å²) >= 11 is 6.01. The zero-order chi connectivity index (χ0) is 17.9. The van der Waals surface area contributed by atoms with Crippen LogP contribution in [-0.4, -0.2) is 24.3 Å². The van der Waals surface area contributed by atoms with Crippen molar-refractivity contribution >= 4 is 33.7 Å². The van der Waals surface area contributed by atoms with Gasteiger partial charge in [-0.1, -0.05) is 23.7 Å². The first-order valence-corrected chi connectivity index (χ1v) is 7.98. The number of aromatic amines is 1. The molecule has 25 heavy (non-hydrogen) atoms. The Kier molecular flexibility index (Phi) is 3.30. The number of aryl methyl sites for hydroxylation is 2. The lowest BCUT2D eigenvalue weighted by atomic mass is 9.99. The van der Waals surface area contributed by atoms with E-state index in [1.165, 1.54) is 11.6 Å². The molecular formula is C17H14ClN5O2. The van der Waals surface area contributed by atoms with Gasteiger partial charge in [0.15, 0.2) is 11.3 Å². The Hall–Kier alpha value is -2.93. The van der Waals surface area contributed by atoms with E-state index in [2.05, 4.69) is 15.2 Å². The van der Waals surface area contributed by atoms with Gasteiger partial charge in [0.25, 0.3) is 5.56 Å². The Morgan fingerprint density at radius 2 is 1.72 bits per heavy atom. The zero-order valence-electron chi connectivity index (χ0n) is 13.8. The number of fused-ring (bicyclic) bond motifs is 2. The second-order valence-corrected chi connectivity index (χ2v) is 6.38. The van der Waals surface area contributed by atoms with Gasteiger partial charge < -0.3 is 0 Å². The predicted molar refractivity (Wildman–Crippen MR) is 97.1 cm³/mol. The van der Waals surface area contributed by atoms with Crippen LogP contribution >= 0.6 is 11.6 Å². The molecule has 4 rings (SSSR count). The van der Waals surface area contributed by atoms with E-state index in [1.807, 2.05) is 19.1 Å². The highest BCUT2D eigenvalue weighted by atomic mass is 35.5. The predicted octanol–water partition coefficient (Wildman–Crippen LogP) is 2.14. The minimum atomic E-state index is -0.432. The van der Waals surface area contributed by atoms with Crippen LogP contribution < -0.4 is 11.2 Å². The summed E-state index contributed by atoms with van der Waals surface area (Å²) in [4.78, 5) is 29.6. The molecular weight excluding hydrogens is 342 g/mol. The summed E-state index contributed by atoms with van der Waals surface area (Å²) in [5.74, 6) is 0. The molecule has 3 aromatic heterocycles. The van der Waals surface area contributed by atoms with Crippen molar-refractivity contribution in [3.63, 3.8) is 0 Å². The number of benzene rings is 1. The number of nitrogens with zero attached hydrogens (tertiary/aromatic N) is 4. The Balaban J connectivity index is 2.35. The van der Waals surface area contributed by atoms with Crippen molar-refractivity contribution in [3.05, 3.63) is 55.8 Å². The van der Waals surface area contributed by atoms with E-state index in [0.29, 0.717) is 27.3 Å². The van der Waals surface area contributed by atoms with Gasteiger partial charge in [0.05, 0.1) is 10.8 Å². The highest BCUT2D eigenvalue weighted by Gasteiger charge is 2.21. The lowest BCUT2D eigenvalue weighted by Crippen LogP contribution is -2.37. The van der Waals surface area contributed by atoms with Crippen LogP contribution in [0.5, 0.6) is 0 Å². The van der Waals surface area contributed by atoms with E-state index in [1.54, 1.807) is 19.2 Å². The molecule has 0 aliphatic rings. The monoisotopic (exact) mass is 355 g/mol. The summed E-state index contributed by atoms with van der Waals surface area (Å²) in [6.07, 6.45) is 0. The molecule has 0 unspecified atom stereocenters. The molecule has 0 aliphatic heterocycles. The first-order valence-electron chi connectivity index (χ1n) is 7.60. The molecule has 1 N–H and O–H groups in total. The van der Waals surface area contributed by atoms with E-state index >= 15 is 0 Å². The number of aromatic nitrogens is 5. The van der Waals surface area contributed by atoms with Crippen LogP contribution in [0.15, 0.2) is 33.9 Å². The first kappa shape index (κ1) is 15.6. The molecule has 8 heteroatoms. The fourth-order valence-electron chi connectivity index (χ4n) is 3.11. The summed E-state index contributed by atoms with van der Waals surface area (Å²) in [5, 5.41) is 8.85. The van der Waals surface area contributed by atoms with Gasteiger partial charge in [0.1, 0.15) is 0 Å². The van der Waals surface area contributed by atoms with E-state index in [0.717, 1.165) is 21.2 Å². The topological polar surface area (TPSA) is 85.6 Å². The molecule has 0 saturated carbocycles. The highest BCUT2D eigenvalue weighted by Crippen LogP contribution is 2.34. The Morgan fingerprint density at radius 3 is 2.40 bits per heavy atom. The van der Waals surface area contributed by atoms with Crippen molar-refractivity contribution < 1.29 is 0 Å². The fourth-order valence-corrected chi connectivity index (χ4v) is 3.24. The van der Waals surface area contributed by atoms with Gasteiger partial charge in [-0.3, -0.25) is 19.0 Å². The van der Waals surface area contributed by atoms with Gasteiger partial charge in [0.2, 0.25) is 0 Å². The number of rotatable bonds is 1. The van der Waals surface area contributed by atoms with Crippen molar-refractivity contribution in [1.82, 2.24) is 24.3 Å². The standard InChI is InChI=1S/C17H14ClN5O2/c1-8-11-12(9-4-6-10(18)7-5-9)13-15(19-14(11)21-20-8)22(2)17(25)23(3)16(13)24/h4-7H,1-3H3,(H,19,20,21). The van der Waals surface area contributed by atoms with Gasteiger partial charge in [0, 0.05) is 30.4 Å². The number of pyridine rings is 1. The van der Waals surface area contributed by atoms with Crippen LogP contribution in [0.3, 0.4) is 0 Å². The second-order valence-electron chi connectivity index (χ2n) is 5.95. The number of nitrogens with one attached hydrogen (secondary N) is 1. The summed E-state index contributed by atoms with van der Waals surface area (Å²) in [7, 11) is 3.05. The summed E-state index contributed by atoms with van der Waals surface area (Å²) in [6.45, 7) is 1.87. The van der Waals surface area contributed by atoms with Gasteiger partial charge in [-0.15, -0.1) is 0 Å². The van der Waals surface area contributed by atoms with E-state index < -0.39 is 11.2 Å². The van der Waals surface area contributed by atoms with Gasteiger partial charge in [-0.25, -0.2) is 9.78 Å². The van der Waals surface area contributed by atoms with Crippen LogP contribution in [0.4, 0.5) is 0 Å². The Labute approximate surface area is 146 Å². The minimum absolute atomic E-state index is 0.303. The minimum Gasteiger partial charge on any atom is -0.280 e. The van der Waals surface area contributed by atoms with Gasteiger partial charge in [-0.2, -0.15) is 5.10 Å². The molecule has 1 aromatic carbocycles. The van der Waals surface area contributed by atoms with Crippen molar-refractivity contribution in [2.24, 2.45) is 14.1 Å². The number of hydrogen-bond donors (Lipinski definition) is 1. The van der Waals surface area contributed by atoms with Crippen LogP contribution in [0.1, 0.15) is 5.69 Å². The molecule has 7 nitrogen and oxygen atoms in total. The normalized spacial score (nSPS) is 11.5. The first-order chi connectivity index (χ1) is 11.9. The molecule has 0 spiro atoms. The van der Waals surface area contributed by atoms with E-state index in [-0.39, 0.29) is 0 Å². The zero-order valence-corrected chi connectivity index (χ0v) is 14.5. The van der Waals surface area contributed by atoms with Crippen molar-refractivity contribution in [2.75, 3.05) is 0 Å². The summed E-state index contributed by atoms with van der Waals surface area (Å²) < 4.78 is 2.45. The molecule has 3 heterocycles. The number of H-pyrrole nitrogens is 1. The van der Waals surface area contributed by atoms with Crippen LogP contribution in [0, 0.1) is 6.92 Å². The molecule has 0 radical (unpaired) electrons. The van der Waals surface area contributed by atoms with Crippen LogP contribution in [0.2, 0.25) is 5.02 Å². The molecule has 0 aliphatic carbocycles. The van der Waals surface area contributed by atoms with Crippen LogP contribution in [0.25, 0.3) is 33.2 Å². The van der Waals surface area contributed by atoms with E-state index in [9.17, 15) is 9.59 Å². The van der Waals surface area contributed by atoms with Gasteiger partial charge in [-0.05, 0) is 24.6 Å². The summed E-state index contributed by atoms with van der Waals surface area (Å²) in [6, 6.07) is 7.20.